The zero-order valence-corrected chi connectivity index (χ0v) is 18.8. The minimum Gasteiger partial charge on any atom is -0.492 e. The lowest BCUT2D eigenvalue weighted by Crippen LogP contribution is -2.22. The Hall–Kier alpha value is -2.69. The predicted molar refractivity (Wildman–Crippen MR) is 117 cm³/mol. The summed E-state index contributed by atoms with van der Waals surface area (Å²) >= 11 is 0. The molecule has 0 spiro atoms. The van der Waals surface area contributed by atoms with E-state index in [0.717, 1.165) is 16.3 Å². The van der Waals surface area contributed by atoms with Crippen molar-refractivity contribution in [2.75, 3.05) is 31.4 Å². The van der Waals surface area contributed by atoms with Crippen LogP contribution in [0.25, 0.3) is 0 Å². The lowest BCUT2D eigenvalue weighted by atomic mass is 9.99. The van der Waals surface area contributed by atoms with Crippen LogP contribution in [-0.4, -0.2) is 46.6 Å². The van der Waals surface area contributed by atoms with Crippen molar-refractivity contribution in [2.45, 2.75) is 24.7 Å². The number of aromatic carboxylic acids is 1. The SMILES string of the molecule is COCOCC1CC1c1cc(F)ccc1N(c1ccc2c(c1C(=O)O)OCC1CC21)[SH](=O)=O. The average molecular weight is 478 g/mol. The molecule has 0 radical (unpaired) electrons. The molecule has 10 heteroatoms. The van der Waals surface area contributed by atoms with Crippen LogP contribution in [-0.2, 0) is 20.4 Å². The van der Waals surface area contributed by atoms with E-state index in [0.29, 0.717) is 31.1 Å². The minimum atomic E-state index is -3.28. The maximum Gasteiger partial charge on any atom is 0.341 e. The number of carbonyl (C=O) groups is 1. The summed E-state index contributed by atoms with van der Waals surface area (Å²) in [5.74, 6) is -0.941. The zero-order valence-electron chi connectivity index (χ0n) is 17.9. The van der Waals surface area contributed by atoms with Gasteiger partial charge in [0, 0.05) is 13.0 Å². The molecular formula is C23H24FNO7S. The van der Waals surface area contributed by atoms with E-state index in [1.165, 1.54) is 31.4 Å². The average Bonchev–Trinajstić information content (AvgIpc) is 3.69. The molecule has 1 aliphatic heterocycles. The summed E-state index contributed by atoms with van der Waals surface area (Å²) < 4.78 is 56.2. The number of hydrogen-bond donors (Lipinski definition) is 2. The van der Waals surface area contributed by atoms with Crippen LogP contribution in [0.3, 0.4) is 0 Å². The standard InChI is InChI=1S/C23H24FNO7S/c1-30-11-31-9-12-6-17(12)18-8-14(24)2-4-19(18)25(33(28)29)20-5-3-15-16-7-13(16)10-32-22(15)21(20)23(26)27/h2-5,8,12-13,16-17,33H,6-7,9-11H2,1H3,(H,26,27). The molecule has 2 aliphatic carbocycles. The zero-order chi connectivity index (χ0) is 23.3. The first-order valence-corrected chi connectivity index (χ1v) is 11.9. The summed E-state index contributed by atoms with van der Waals surface area (Å²) in [6, 6.07) is 7.12. The third kappa shape index (κ3) is 4.07. The molecule has 4 unspecified atom stereocenters. The van der Waals surface area contributed by atoms with E-state index in [1.807, 2.05) is 0 Å². The van der Waals surface area contributed by atoms with Gasteiger partial charge in [0.05, 0.1) is 24.6 Å². The molecule has 1 N–H and O–H groups in total. The number of rotatable bonds is 9. The number of benzene rings is 2. The third-order valence-electron chi connectivity index (χ3n) is 6.61. The summed E-state index contributed by atoms with van der Waals surface area (Å²) in [5, 5.41) is 10.0. The Balaban J connectivity index is 1.57. The Morgan fingerprint density at radius 3 is 2.70 bits per heavy atom. The van der Waals surface area contributed by atoms with Crippen LogP contribution in [0.4, 0.5) is 15.8 Å². The topological polar surface area (TPSA) is 102 Å². The summed E-state index contributed by atoms with van der Waals surface area (Å²) in [6.07, 6.45) is 1.63. The highest BCUT2D eigenvalue weighted by atomic mass is 32.2. The Labute approximate surface area is 191 Å². The van der Waals surface area contributed by atoms with E-state index in [9.17, 15) is 22.7 Å². The number of carboxylic acids is 1. The number of halogens is 1. The quantitative estimate of drug-likeness (QED) is 0.324. The van der Waals surface area contributed by atoms with Crippen LogP contribution in [0.5, 0.6) is 5.75 Å². The molecule has 2 saturated carbocycles. The molecule has 33 heavy (non-hydrogen) atoms. The molecule has 176 valence electrons. The molecule has 0 bridgehead atoms. The van der Waals surface area contributed by atoms with E-state index in [-0.39, 0.29) is 47.2 Å². The molecule has 3 aliphatic rings. The van der Waals surface area contributed by atoms with E-state index in [2.05, 4.69) is 0 Å². The van der Waals surface area contributed by atoms with Crippen LogP contribution in [0, 0.1) is 17.7 Å². The van der Waals surface area contributed by atoms with Crippen LogP contribution in [0.15, 0.2) is 30.3 Å². The molecule has 2 fully saturated rings. The first-order valence-electron chi connectivity index (χ1n) is 10.7. The summed E-state index contributed by atoms with van der Waals surface area (Å²) in [5.41, 5.74) is 1.32. The van der Waals surface area contributed by atoms with Gasteiger partial charge in [-0.15, -0.1) is 0 Å². The summed E-state index contributed by atoms with van der Waals surface area (Å²) in [7, 11) is -1.76. The number of fused-ring (bicyclic) bond motifs is 3. The number of ether oxygens (including phenoxy) is 3. The third-order valence-corrected chi connectivity index (χ3v) is 7.37. The predicted octanol–water partition coefficient (Wildman–Crippen LogP) is 3.41. The lowest BCUT2D eigenvalue weighted by molar-refractivity contribution is -0.0348. The smallest absolute Gasteiger partial charge is 0.341 e. The van der Waals surface area contributed by atoms with Gasteiger partial charge in [0.15, 0.2) is 0 Å². The Morgan fingerprint density at radius 2 is 1.97 bits per heavy atom. The second-order valence-corrected chi connectivity index (χ2v) is 9.60. The van der Waals surface area contributed by atoms with Crippen molar-refractivity contribution in [1.29, 1.82) is 0 Å². The molecule has 8 nitrogen and oxygen atoms in total. The fraction of sp³-hybridized carbons (Fsp3) is 0.435. The Kier molecular flexibility index (Phi) is 5.75. The van der Waals surface area contributed by atoms with Crippen molar-refractivity contribution in [2.24, 2.45) is 11.8 Å². The number of carboxylic acid groups (broad SMARTS) is 1. The molecule has 0 saturated heterocycles. The van der Waals surface area contributed by atoms with Gasteiger partial charge < -0.3 is 19.3 Å². The van der Waals surface area contributed by atoms with E-state index < -0.39 is 22.7 Å². The van der Waals surface area contributed by atoms with Crippen molar-refractivity contribution < 1.29 is 36.9 Å². The highest BCUT2D eigenvalue weighted by Gasteiger charge is 2.46. The molecule has 4 atom stereocenters. The number of thiol groups is 1. The molecule has 1 heterocycles. The molecule has 0 aromatic heterocycles. The Bertz CT molecular complexity index is 1180. The number of methoxy groups -OCH3 is 1. The van der Waals surface area contributed by atoms with Crippen LogP contribution in [0.2, 0.25) is 0 Å². The molecule has 2 aromatic carbocycles. The van der Waals surface area contributed by atoms with Gasteiger partial charge in [-0.25, -0.2) is 21.9 Å². The van der Waals surface area contributed by atoms with E-state index >= 15 is 0 Å². The van der Waals surface area contributed by atoms with Gasteiger partial charge in [-0.3, -0.25) is 0 Å². The monoisotopic (exact) mass is 477 g/mol. The Morgan fingerprint density at radius 1 is 1.18 bits per heavy atom. The molecular weight excluding hydrogens is 453 g/mol. The number of hydrogen-bond acceptors (Lipinski definition) is 6. The van der Waals surface area contributed by atoms with E-state index in [1.54, 1.807) is 6.07 Å². The van der Waals surface area contributed by atoms with Crippen molar-refractivity contribution in [3.63, 3.8) is 0 Å². The van der Waals surface area contributed by atoms with Crippen molar-refractivity contribution in [1.82, 2.24) is 0 Å². The second kappa shape index (κ2) is 8.58. The maximum atomic E-state index is 14.2. The van der Waals surface area contributed by atoms with Gasteiger partial charge in [-0.05, 0) is 66.0 Å². The summed E-state index contributed by atoms with van der Waals surface area (Å²) in [6.45, 7) is 0.947. The van der Waals surface area contributed by atoms with Gasteiger partial charge in [0.25, 0.3) is 0 Å². The largest absolute Gasteiger partial charge is 0.492 e. The molecule has 5 rings (SSSR count). The molecule has 0 amide bonds. The van der Waals surface area contributed by atoms with Crippen LogP contribution in [0.1, 0.15) is 46.2 Å². The number of anilines is 2. The van der Waals surface area contributed by atoms with Gasteiger partial charge in [-0.2, -0.15) is 0 Å². The van der Waals surface area contributed by atoms with E-state index in [4.69, 9.17) is 14.2 Å². The van der Waals surface area contributed by atoms with Crippen molar-refractivity contribution >= 4 is 28.2 Å². The fourth-order valence-corrected chi connectivity index (χ4v) is 5.54. The van der Waals surface area contributed by atoms with Crippen LogP contribution < -0.4 is 9.04 Å². The van der Waals surface area contributed by atoms with Crippen molar-refractivity contribution in [3.8, 4) is 5.75 Å². The maximum absolute atomic E-state index is 14.2. The van der Waals surface area contributed by atoms with Gasteiger partial charge in [0.2, 0.25) is 10.9 Å². The fourth-order valence-electron chi connectivity index (χ4n) is 4.84. The van der Waals surface area contributed by atoms with Gasteiger partial charge >= 0.3 is 5.97 Å². The van der Waals surface area contributed by atoms with Gasteiger partial charge in [0.1, 0.15) is 23.9 Å². The minimum absolute atomic E-state index is 0.0165. The van der Waals surface area contributed by atoms with Crippen molar-refractivity contribution in [3.05, 3.63) is 52.8 Å². The van der Waals surface area contributed by atoms with Crippen LogP contribution >= 0.6 is 0 Å². The summed E-state index contributed by atoms with van der Waals surface area (Å²) in [4.78, 5) is 12.3. The highest BCUT2D eigenvalue weighted by Crippen LogP contribution is 2.56. The molecule has 2 aromatic rings. The van der Waals surface area contributed by atoms with Gasteiger partial charge in [-0.1, -0.05) is 6.07 Å². The first-order chi connectivity index (χ1) is 15.9. The number of nitrogens with zero attached hydrogens (tertiary/aromatic N) is 1. The highest BCUT2D eigenvalue weighted by molar-refractivity contribution is 7.74. The first kappa shape index (κ1) is 22.1. The lowest BCUT2D eigenvalue weighted by Gasteiger charge is -2.26. The normalized spacial score (nSPS) is 24.6. The second-order valence-electron chi connectivity index (χ2n) is 8.73.